The van der Waals surface area contributed by atoms with Gasteiger partial charge in [0.2, 0.25) is 11.9 Å². The lowest BCUT2D eigenvalue weighted by atomic mass is 10.1. The monoisotopic (exact) mass is 470 g/mol. The molecule has 0 aliphatic carbocycles. The molecule has 1 N–H and O–H groups in total. The number of amides is 1. The highest BCUT2D eigenvalue weighted by Crippen LogP contribution is 2.23. The van der Waals surface area contributed by atoms with Crippen molar-refractivity contribution in [2.24, 2.45) is 10.1 Å². The fourth-order valence-corrected chi connectivity index (χ4v) is 4.45. The van der Waals surface area contributed by atoms with Crippen LogP contribution in [0.3, 0.4) is 0 Å². The van der Waals surface area contributed by atoms with Crippen LogP contribution in [0, 0.1) is 0 Å². The molecule has 8 heteroatoms. The Hall–Kier alpha value is -2.45. The molecule has 2 heterocycles. The van der Waals surface area contributed by atoms with Gasteiger partial charge in [0.25, 0.3) is 5.91 Å². The van der Waals surface area contributed by atoms with E-state index in [2.05, 4.69) is 38.3 Å². The van der Waals surface area contributed by atoms with Crippen LogP contribution in [-0.2, 0) is 4.79 Å². The quantitative estimate of drug-likeness (QED) is 0.538. The first kappa shape index (κ1) is 19.8. The Labute approximate surface area is 180 Å². The van der Waals surface area contributed by atoms with Gasteiger partial charge in [0, 0.05) is 21.0 Å². The third kappa shape index (κ3) is 4.00. The summed E-state index contributed by atoms with van der Waals surface area (Å²) in [5, 5.41) is 10.7. The first-order valence-electron chi connectivity index (χ1n) is 9.37. The van der Waals surface area contributed by atoms with E-state index in [0.717, 1.165) is 23.1 Å². The molecule has 2 aromatic carbocycles. The lowest BCUT2D eigenvalue weighted by molar-refractivity contribution is -0.115. The lowest BCUT2D eigenvalue weighted by Gasteiger charge is -2.33. The van der Waals surface area contributed by atoms with Gasteiger partial charge in [0.1, 0.15) is 5.70 Å². The minimum absolute atomic E-state index is 0.201. The van der Waals surface area contributed by atoms with Gasteiger partial charge < -0.3 is 0 Å². The SMILES string of the molecule is CCCCSC1=NN2C(=c3cc(Br)ccc3=N[C@H]2C(=O)c2ccccc2)C(=O)N1. The Morgan fingerprint density at radius 3 is 2.79 bits per heavy atom. The molecule has 0 spiro atoms. The Morgan fingerprint density at radius 2 is 2.03 bits per heavy atom. The number of amidine groups is 1. The standard InChI is InChI=1S/C21H19BrN4O2S/c1-2-3-11-29-21-24-20(28)17-15-12-14(22)9-10-16(15)23-19(26(17)25-21)18(27)13-7-5-4-6-8-13/h4-10,12,19H,2-3,11H2,1H3,(H,24,25,28)/t19-/m1/s1. The molecule has 0 saturated heterocycles. The number of nitrogens with zero attached hydrogens (tertiary/aromatic N) is 3. The van der Waals surface area contributed by atoms with Crippen molar-refractivity contribution in [3.8, 4) is 0 Å². The zero-order valence-electron chi connectivity index (χ0n) is 15.8. The van der Waals surface area contributed by atoms with E-state index in [-0.39, 0.29) is 11.7 Å². The molecule has 0 unspecified atom stereocenters. The normalized spacial score (nSPS) is 17.7. The predicted octanol–water partition coefficient (Wildman–Crippen LogP) is 2.64. The molecule has 4 rings (SSSR count). The summed E-state index contributed by atoms with van der Waals surface area (Å²) in [6.45, 7) is 2.11. The highest BCUT2D eigenvalue weighted by molar-refractivity contribution is 9.10. The second-order valence-corrected chi connectivity index (χ2v) is 8.65. The second kappa shape index (κ2) is 8.51. The fourth-order valence-electron chi connectivity index (χ4n) is 3.15. The molecule has 148 valence electrons. The van der Waals surface area contributed by atoms with E-state index in [0.29, 0.717) is 27.0 Å². The van der Waals surface area contributed by atoms with Crippen molar-refractivity contribution < 1.29 is 9.59 Å². The van der Waals surface area contributed by atoms with Gasteiger partial charge >= 0.3 is 0 Å². The van der Waals surface area contributed by atoms with E-state index in [1.54, 1.807) is 18.2 Å². The summed E-state index contributed by atoms with van der Waals surface area (Å²) in [6, 6.07) is 14.4. The molecule has 0 bridgehead atoms. The number of hydrogen-bond donors (Lipinski definition) is 1. The molecule has 2 aliphatic heterocycles. The molecule has 6 nitrogen and oxygen atoms in total. The van der Waals surface area contributed by atoms with E-state index in [4.69, 9.17) is 0 Å². The van der Waals surface area contributed by atoms with Crippen molar-refractivity contribution in [3.63, 3.8) is 0 Å². The summed E-state index contributed by atoms with van der Waals surface area (Å²) in [6.07, 6.45) is 1.15. The number of fused-ring (bicyclic) bond motifs is 2. The van der Waals surface area contributed by atoms with Gasteiger partial charge in [-0.3, -0.25) is 14.9 Å². The summed E-state index contributed by atoms with van der Waals surface area (Å²) in [5.41, 5.74) is 0.868. The van der Waals surface area contributed by atoms with E-state index in [1.165, 1.54) is 16.8 Å². The molecule has 0 fully saturated rings. The molecule has 1 amide bonds. The van der Waals surface area contributed by atoms with Gasteiger partial charge in [-0.1, -0.05) is 71.4 Å². The zero-order valence-corrected chi connectivity index (χ0v) is 18.2. The minimum Gasteiger partial charge on any atom is -0.298 e. The van der Waals surface area contributed by atoms with Crippen LogP contribution in [0.2, 0.25) is 0 Å². The molecule has 0 radical (unpaired) electrons. The number of rotatable bonds is 5. The van der Waals surface area contributed by atoms with Crippen LogP contribution in [0.1, 0.15) is 30.1 Å². The van der Waals surface area contributed by atoms with E-state index >= 15 is 0 Å². The van der Waals surface area contributed by atoms with Gasteiger partial charge in [0.05, 0.1) is 5.36 Å². The van der Waals surface area contributed by atoms with Crippen molar-refractivity contribution in [1.29, 1.82) is 0 Å². The van der Waals surface area contributed by atoms with Crippen LogP contribution >= 0.6 is 27.7 Å². The van der Waals surface area contributed by atoms with Crippen LogP contribution in [0.4, 0.5) is 0 Å². The summed E-state index contributed by atoms with van der Waals surface area (Å²) in [5.74, 6) is 0.363. The Morgan fingerprint density at radius 1 is 1.24 bits per heavy atom. The van der Waals surface area contributed by atoms with Crippen LogP contribution in [-0.4, -0.2) is 33.8 Å². The molecule has 2 aliphatic rings. The van der Waals surface area contributed by atoms with Crippen molar-refractivity contribution in [1.82, 2.24) is 10.3 Å². The molecule has 0 aromatic heterocycles. The number of hydrazone groups is 1. The number of unbranched alkanes of at least 4 members (excludes halogenated alkanes) is 1. The molecule has 2 aromatic rings. The number of nitrogens with one attached hydrogen (secondary N) is 1. The topological polar surface area (TPSA) is 74.1 Å². The largest absolute Gasteiger partial charge is 0.298 e. The number of benzene rings is 2. The lowest BCUT2D eigenvalue weighted by Crippen LogP contribution is -2.54. The second-order valence-electron chi connectivity index (χ2n) is 6.65. The maximum Gasteiger partial charge on any atom is 0.276 e. The number of Topliss-reactive ketones (excluding diaryl/α,β-unsaturated/α-hetero) is 1. The highest BCUT2D eigenvalue weighted by atomic mass is 79.9. The molecule has 1 atom stereocenters. The number of halogens is 1. The number of hydrogen-bond acceptors (Lipinski definition) is 6. The van der Waals surface area contributed by atoms with E-state index < -0.39 is 6.17 Å². The first-order valence-corrected chi connectivity index (χ1v) is 11.2. The molecular formula is C21H19BrN4O2S. The first-order chi connectivity index (χ1) is 14.1. The Bertz CT molecular complexity index is 1120. The number of carbonyl (C=O) groups excluding carboxylic acids is 2. The molecule has 29 heavy (non-hydrogen) atoms. The summed E-state index contributed by atoms with van der Waals surface area (Å²) >= 11 is 4.93. The smallest absolute Gasteiger partial charge is 0.276 e. The average molecular weight is 471 g/mol. The molecular weight excluding hydrogens is 452 g/mol. The molecule has 0 saturated carbocycles. The van der Waals surface area contributed by atoms with Gasteiger partial charge in [-0.15, -0.1) is 5.10 Å². The van der Waals surface area contributed by atoms with Crippen molar-refractivity contribution in [2.45, 2.75) is 25.9 Å². The van der Waals surface area contributed by atoms with E-state index in [9.17, 15) is 9.59 Å². The maximum atomic E-state index is 13.2. The minimum atomic E-state index is -0.922. The third-order valence-corrected chi connectivity index (χ3v) is 6.04. The summed E-state index contributed by atoms with van der Waals surface area (Å²) in [4.78, 5) is 30.9. The number of ketones is 1. The van der Waals surface area contributed by atoms with Crippen molar-refractivity contribution >= 4 is 50.2 Å². The van der Waals surface area contributed by atoms with Crippen LogP contribution in [0.5, 0.6) is 0 Å². The summed E-state index contributed by atoms with van der Waals surface area (Å²) in [7, 11) is 0. The number of carbonyl (C=O) groups is 2. The number of thioether (sulfide) groups is 1. The predicted molar refractivity (Wildman–Crippen MR) is 118 cm³/mol. The van der Waals surface area contributed by atoms with Crippen LogP contribution < -0.4 is 15.9 Å². The van der Waals surface area contributed by atoms with Crippen molar-refractivity contribution in [2.75, 3.05) is 5.75 Å². The summed E-state index contributed by atoms with van der Waals surface area (Å²) < 4.78 is 0.826. The Kier molecular flexibility index (Phi) is 5.82. The third-order valence-electron chi connectivity index (χ3n) is 4.60. The van der Waals surface area contributed by atoms with E-state index in [1.807, 2.05) is 30.3 Å². The Balaban J connectivity index is 1.83. The van der Waals surface area contributed by atoms with Crippen LogP contribution in [0.15, 0.2) is 63.1 Å². The van der Waals surface area contributed by atoms with Crippen molar-refractivity contribution in [3.05, 3.63) is 69.1 Å². The average Bonchev–Trinajstić information content (AvgIpc) is 2.73. The highest BCUT2D eigenvalue weighted by Gasteiger charge is 2.37. The maximum absolute atomic E-state index is 13.2. The zero-order chi connectivity index (χ0) is 20.4. The van der Waals surface area contributed by atoms with Gasteiger partial charge in [0.15, 0.2) is 5.17 Å². The fraction of sp³-hybridized carbons (Fsp3) is 0.238. The van der Waals surface area contributed by atoms with Gasteiger partial charge in [-0.05, 0) is 24.6 Å². The van der Waals surface area contributed by atoms with Crippen LogP contribution in [0.25, 0.3) is 5.70 Å². The van der Waals surface area contributed by atoms with Gasteiger partial charge in [-0.2, -0.15) is 0 Å². The van der Waals surface area contributed by atoms with Gasteiger partial charge in [-0.25, -0.2) is 10.0 Å².